The van der Waals surface area contributed by atoms with Gasteiger partial charge in [-0.15, -0.1) is 0 Å². The van der Waals surface area contributed by atoms with Crippen LogP contribution in [-0.4, -0.2) is 62.7 Å². The summed E-state index contributed by atoms with van der Waals surface area (Å²) >= 11 is 0. The third-order valence-corrected chi connectivity index (χ3v) is 2.80. The van der Waals surface area contributed by atoms with Gasteiger partial charge in [0, 0.05) is 26.7 Å². The second-order valence-corrected chi connectivity index (χ2v) is 3.97. The average Bonchev–Trinajstić information content (AvgIpc) is 2.34. The zero-order chi connectivity index (χ0) is 12.7. The Hall–Kier alpha value is -1.14. The van der Waals surface area contributed by atoms with Crippen LogP contribution in [0.5, 0.6) is 0 Å². The van der Waals surface area contributed by atoms with Crippen LogP contribution in [0.25, 0.3) is 0 Å². The van der Waals surface area contributed by atoms with Crippen molar-refractivity contribution in [3.63, 3.8) is 0 Å². The first kappa shape index (κ1) is 13.9. The van der Waals surface area contributed by atoms with Gasteiger partial charge in [-0.05, 0) is 6.42 Å². The number of amides is 2. The van der Waals surface area contributed by atoms with E-state index in [-0.39, 0.29) is 24.4 Å². The molecule has 98 valence electrons. The molecule has 1 aliphatic heterocycles. The van der Waals surface area contributed by atoms with Crippen LogP contribution < -0.4 is 10.6 Å². The van der Waals surface area contributed by atoms with Crippen molar-refractivity contribution in [2.75, 3.05) is 39.9 Å². The lowest BCUT2D eigenvalue weighted by Gasteiger charge is -2.34. The Bertz CT molecular complexity index is 271. The first-order valence-corrected chi connectivity index (χ1v) is 5.97. The fraction of sp³-hybridized carbons (Fsp3) is 0.818. The predicted octanol–water partition coefficient (Wildman–Crippen LogP) is -1.04. The molecule has 2 amide bonds. The second-order valence-electron chi connectivity index (χ2n) is 3.97. The van der Waals surface area contributed by atoms with Crippen LogP contribution >= 0.6 is 0 Å². The molecule has 1 saturated heterocycles. The number of nitrogens with zero attached hydrogens (tertiary/aromatic N) is 1. The molecular weight excluding hydrogens is 222 g/mol. The van der Waals surface area contributed by atoms with E-state index < -0.39 is 0 Å². The van der Waals surface area contributed by atoms with E-state index in [1.807, 2.05) is 6.92 Å². The number of carbonyl (C=O) groups excluding carboxylic acids is 2. The molecule has 1 unspecified atom stereocenters. The minimum absolute atomic E-state index is 0.0252. The molecule has 0 aromatic carbocycles. The summed E-state index contributed by atoms with van der Waals surface area (Å²) in [6.45, 7) is 4.51. The zero-order valence-corrected chi connectivity index (χ0v) is 10.5. The van der Waals surface area contributed by atoms with Crippen molar-refractivity contribution < 1.29 is 14.3 Å². The Kier molecular flexibility index (Phi) is 5.93. The van der Waals surface area contributed by atoms with E-state index in [1.165, 1.54) is 0 Å². The van der Waals surface area contributed by atoms with Gasteiger partial charge < -0.3 is 20.3 Å². The lowest BCUT2D eigenvalue weighted by atomic mass is 10.1. The Balaban J connectivity index is 2.40. The van der Waals surface area contributed by atoms with Crippen molar-refractivity contribution in [1.29, 1.82) is 0 Å². The van der Waals surface area contributed by atoms with Crippen molar-refractivity contribution in [3.05, 3.63) is 0 Å². The fourth-order valence-electron chi connectivity index (χ4n) is 1.89. The molecule has 1 aliphatic rings. The molecule has 6 heteroatoms. The van der Waals surface area contributed by atoms with Gasteiger partial charge in [-0.1, -0.05) is 6.92 Å². The summed E-state index contributed by atoms with van der Waals surface area (Å²) in [5, 5.41) is 5.77. The number of hydrogen-bond acceptors (Lipinski definition) is 4. The van der Waals surface area contributed by atoms with E-state index in [4.69, 9.17) is 4.74 Å². The van der Waals surface area contributed by atoms with Crippen molar-refractivity contribution in [2.45, 2.75) is 19.4 Å². The predicted molar refractivity (Wildman–Crippen MR) is 63.5 cm³/mol. The third-order valence-electron chi connectivity index (χ3n) is 2.80. The van der Waals surface area contributed by atoms with E-state index in [9.17, 15) is 9.59 Å². The highest BCUT2D eigenvalue weighted by Gasteiger charge is 2.30. The molecule has 1 fully saturated rings. The molecule has 1 atom stereocenters. The number of methoxy groups -OCH3 is 1. The summed E-state index contributed by atoms with van der Waals surface area (Å²) in [5.41, 5.74) is 0. The number of hydrogen-bond donors (Lipinski definition) is 2. The molecule has 2 N–H and O–H groups in total. The molecule has 6 nitrogen and oxygen atoms in total. The molecule has 0 radical (unpaired) electrons. The largest absolute Gasteiger partial charge is 0.383 e. The molecule has 0 aromatic rings. The van der Waals surface area contributed by atoms with Crippen molar-refractivity contribution in [1.82, 2.24) is 15.5 Å². The van der Waals surface area contributed by atoms with Gasteiger partial charge in [0.25, 0.3) is 0 Å². The zero-order valence-electron chi connectivity index (χ0n) is 10.5. The molecule has 17 heavy (non-hydrogen) atoms. The normalized spacial score (nSPS) is 20.2. The number of piperazine rings is 1. The second kappa shape index (κ2) is 7.24. The summed E-state index contributed by atoms with van der Waals surface area (Å²) in [7, 11) is 1.62. The van der Waals surface area contributed by atoms with Gasteiger partial charge in [0.05, 0.1) is 13.2 Å². The molecule has 1 heterocycles. The molecule has 1 rings (SSSR count). The first-order valence-electron chi connectivity index (χ1n) is 5.97. The lowest BCUT2D eigenvalue weighted by molar-refractivity contribution is -0.142. The van der Waals surface area contributed by atoms with E-state index >= 15 is 0 Å². The number of rotatable bonds is 6. The molecule has 0 saturated carbocycles. The van der Waals surface area contributed by atoms with Gasteiger partial charge in [-0.25, -0.2) is 0 Å². The average molecular weight is 243 g/mol. The van der Waals surface area contributed by atoms with Gasteiger partial charge in [0.2, 0.25) is 11.8 Å². The van der Waals surface area contributed by atoms with Gasteiger partial charge in [-0.2, -0.15) is 0 Å². The van der Waals surface area contributed by atoms with Gasteiger partial charge >= 0.3 is 0 Å². The van der Waals surface area contributed by atoms with Crippen LogP contribution in [0.1, 0.15) is 13.3 Å². The number of nitrogens with one attached hydrogen (secondary N) is 2. The molecule has 0 bridgehead atoms. The first-order chi connectivity index (χ1) is 8.20. The fourth-order valence-corrected chi connectivity index (χ4v) is 1.89. The van der Waals surface area contributed by atoms with Gasteiger partial charge in [0.15, 0.2) is 0 Å². The molecule has 0 spiro atoms. The Labute approximate surface area is 102 Å². The van der Waals surface area contributed by atoms with Gasteiger partial charge in [-0.3, -0.25) is 9.59 Å². The summed E-state index contributed by atoms with van der Waals surface area (Å²) in [5.74, 6) is -0.0770. The molecular formula is C11H21N3O3. The quantitative estimate of drug-likeness (QED) is 0.585. The van der Waals surface area contributed by atoms with Gasteiger partial charge in [0.1, 0.15) is 6.04 Å². The molecule has 0 aromatic heterocycles. The van der Waals surface area contributed by atoms with Crippen LogP contribution in [0.4, 0.5) is 0 Å². The third kappa shape index (κ3) is 3.98. The highest BCUT2D eigenvalue weighted by atomic mass is 16.5. The number of carbonyl (C=O) groups is 2. The summed E-state index contributed by atoms with van der Waals surface area (Å²) in [4.78, 5) is 25.1. The summed E-state index contributed by atoms with van der Waals surface area (Å²) < 4.78 is 4.88. The van der Waals surface area contributed by atoms with E-state index in [0.29, 0.717) is 32.7 Å². The Morgan fingerprint density at radius 3 is 3.06 bits per heavy atom. The maximum Gasteiger partial charge on any atom is 0.242 e. The highest BCUT2D eigenvalue weighted by Crippen LogP contribution is 2.08. The van der Waals surface area contributed by atoms with Crippen LogP contribution in [0.15, 0.2) is 0 Å². The van der Waals surface area contributed by atoms with Crippen LogP contribution in [-0.2, 0) is 14.3 Å². The Morgan fingerprint density at radius 1 is 1.65 bits per heavy atom. The van der Waals surface area contributed by atoms with E-state index in [0.717, 1.165) is 0 Å². The standard InChI is InChI=1S/C11H21N3O3/c1-3-9-11(16)13-4-6-14(9)10(15)8-12-5-7-17-2/h9,12H,3-8H2,1-2H3,(H,13,16). The SMILES string of the molecule is CCC1C(=O)NCCN1C(=O)CNCCOC. The maximum absolute atomic E-state index is 11.9. The maximum atomic E-state index is 11.9. The van der Waals surface area contributed by atoms with E-state index in [1.54, 1.807) is 12.0 Å². The van der Waals surface area contributed by atoms with Crippen LogP contribution in [0, 0.1) is 0 Å². The van der Waals surface area contributed by atoms with Crippen LogP contribution in [0.3, 0.4) is 0 Å². The highest BCUT2D eigenvalue weighted by molar-refractivity contribution is 5.89. The van der Waals surface area contributed by atoms with Crippen molar-refractivity contribution >= 4 is 11.8 Å². The van der Waals surface area contributed by atoms with Crippen molar-refractivity contribution in [3.8, 4) is 0 Å². The minimum Gasteiger partial charge on any atom is -0.383 e. The van der Waals surface area contributed by atoms with Crippen molar-refractivity contribution in [2.24, 2.45) is 0 Å². The number of ether oxygens (including phenoxy) is 1. The summed E-state index contributed by atoms with van der Waals surface area (Å²) in [6, 6.07) is -0.319. The monoisotopic (exact) mass is 243 g/mol. The van der Waals surface area contributed by atoms with E-state index in [2.05, 4.69) is 10.6 Å². The smallest absolute Gasteiger partial charge is 0.242 e. The topological polar surface area (TPSA) is 70.7 Å². The lowest BCUT2D eigenvalue weighted by Crippen LogP contribution is -2.58. The van der Waals surface area contributed by atoms with Crippen LogP contribution in [0.2, 0.25) is 0 Å². The summed E-state index contributed by atoms with van der Waals surface area (Å²) in [6.07, 6.45) is 0.648. The Morgan fingerprint density at radius 2 is 2.41 bits per heavy atom. The minimum atomic E-state index is -0.319. The molecule has 0 aliphatic carbocycles.